The third-order valence-corrected chi connectivity index (χ3v) is 8.17. The fourth-order valence-electron chi connectivity index (χ4n) is 3.95. The Balaban J connectivity index is 1.52. The fraction of sp³-hybridized carbons (Fsp3) is 0.208. The lowest BCUT2D eigenvalue weighted by molar-refractivity contribution is -0.137. The van der Waals surface area contributed by atoms with Gasteiger partial charge in [-0.15, -0.1) is 0 Å². The molecule has 1 N–H and O–H groups in total. The number of nitrogens with one attached hydrogen (secondary N) is 1. The number of fused-ring (bicyclic) bond motifs is 1. The molecule has 0 fully saturated rings. The van der Waals surface area contributed by atoms with E-state index in [2.05, 4.69) is 5.32 Å². The van der Waals surface area contributed by atoms with Crippen LogP contribution in [-0.4, -0.2) is 25.2 Å². The molecule has 1 amide bonds. The van der Waals surface area contributed by atoms with E-state index in [1.807, 2.05) is 0 Å². The maximum Gasteiger partial charge on any atom is 0.416 e. The van der Waals surface area contributed by atoms with E-state index in [1.54, 1.807) is 6.07 Å². The quantitative estimate of drug-likeness (QED) is 0.384. The molecule has 0 atom stereocenters. The normalized spacial score (nSPS) is 14.4. The van der Waals surface area contributed by atoms with Crippen molar-refractivity contribution in [2.75, 3.05) is 11.9 Å². The van der Waals surface area contributed by atoms with Crippen LogP contribution in [0.1, 0.15) is 22.3 Å². The summed E-state index contributed by atoms with van der Waals surface area (Å²) in [6, 6.07) is 10.7. The Hall–Kier alpha value is -2.66. The first-order valence-corrected chi connectivity index (χ1v) is 12.8. The molecule has 1 heterocycles. The van der Waals surface area contributed by atoms with Crippen molar-refractivity contribution in [3.8, 4) is 0 Å². The van der Waals surface area contributed by atoms with E-state index >= 15 is 0 Å². The van der Waals surface area contributed by atoms with Crippen LogP contribution in [0.2, 0.25) is 10.0 Å². The molecule has 190 valence electrons. The number of amides is 1. The highest BCUT2D eigenvalue weighted by Gasteiger charge is 2.32. The second kappa shape index (κ2) is 10.0. The van der Waals surface area contributed by atoms with Crippen molar-refractivity contribution >= 4 is 44.8 Å². The minimum atomic E-state index is -4.47. The summed E-state index contributed by atoms with van der Waals surface area (Å²) in [5.41, 5.74) is 1.08. The summed E-state index contributed by atoms with van der Waals surface area (Å²) in [6.45, 7) is -0.0573. The van der Waals surface area contributed by atoms with Crippen LogP contribution in [0.3, 0.4) is 0 Å². The topological polar surface area (TPSA) is 66.5 Å². The maximum atomic E-state index is 14.3. The molecule has 0 aromatic heterocycles. The van der Waals surface area contributed by atoms with Gasteiger partial charge in [0.25, 0.3) is 0 Å². The van der Waals surface area contributed by atoms with Gasteiger partial charge in [-0.3, -0.25) is 4.79 Å². The third kappa shape index (κ3) is 5.51. The van der Waals surface area contributed by atoms with Gasteiger partial charge in [-0.25, -0.2) is 12.8 Å². The number of carbonyl (C=O) groups excluding carboxylic acids is 1. The number of halogens is 6. The van der Waals surface area contributed by atoms with E-state index in [9.17, 15) is 30.8 Å². The van der Waals surface area contributed by atoms with Crippen molar-refractivity contribution in [3.05, 3.63) is 92.7 Å². The van der Waals surface area contributed by atoms with Crippen molar-refractivity contribution in [1.82, 2.24) is 4.31 Å². The first-order valence-electron chi connectivity index (χ1n) is 10.6. The number of carbonyl (C=O) groups is 1. The Bertz CT molecular complexity index is 1430. The maximum absolute atomic E-state index is 14.3. The number of alkyl halides is 3. The number of anilines is 1. The lowest BCUT2D eigenvalue weighted by atomic mass is 9.98. The van der Waals surface area contributed by atoms with Crippen LogP contribution in [-0.2, 0) is 40.4 Å². The molecule has 3 aromatic rings. The molecule has 0 saturated carbocycles. The summed E-state index contributed by atoms with van der Waals surface area (Å²) in [7, 11) is -4.15. The Kier molecular flexibility index (Phi) is 7.34. The lowest BCUT2D eigenvalue weighted by Gasteiger charge is -2.30. The SMILES string of the molecule is O=C(Cc1ccc(C(F)(F)F)cc1)Nc1c(Cl)ccc2c1CCN(S(=O)(=O)c1ccc(Cl)cc1F)C2. The zero-order chi connectivity index (χ0) is 26.3. The molecular formula is C24H18Cl2F4N2O3S. The van der Waals surface area contributed by atoms with Gasteiger partial charge in [-0.1, -0.05) is 41.4 Å². The van der Waals surface area contributed by atoms with Gasteiger partial charge in [0, 0.05) is 18.1 Å². The number of sulfonamides is 1. The number of hydrogen-bond acceptors (Lipinski definition) is 3. The van der Waals surface area contributed by atoms with E-state index < -0.39 is 38.4 Å². The van der Waals surface area contributed by atoms with Crippen molar-refractivity contribution in [1.29, 1.82) is 0 Å². The summed E-state index contributed by atoms with van der Waals surface area (Å²) in [5, 5.41) is 3.00. The van der Waals surface area contributed by atoms with Crippen molar-refractivity contribution in [2.45, 2.75) is 30.5 Å². The predicted molar refractivity (Wildman–Crippen MR) is 128 cm³/mol. The first-order chi connectivity index (χ1) is 16.9. The van der Waals surface area contributed by atoms with Crippen LogP contribution in [0.4, 0.5) is 23.2 Å². The molecule has 3 aromatic carbocycles. The molecule has 1 aliphatic heterocycles. The highest BCUT2D eigenvalue weighted by Crippen LogP contribution is 2.35. The molecule has 0 bridgehead atoms. The smallest absolute Gasteiger partial charge is 0.324 e. The molecule has 1 aliphatic rings. The van der Waals surface area contributed by atoms with Crippen LogP contribution in [0.5, 0.6) is 0 Å². The predicted octanol–water partition coefficient (Wildman–Crippen LogP) is 6.08. The standard InChI is InChI=1S/C24H18Cl2F4N2O3S/c25-17-6-8-21(20(27)12-17)36(34,35)32-10-9-18-15(13-32)3-7-19(26)23(18)31-22(33)11-14-1-4-16(5-2-14)24(28,29)30/h1-8,12H,9-11,13H2,(H,31,33). The van der Waals surface area contributed by atoms with Crippen LogP contribution in [0.25, 0.3) is 0 Å². The average molecular weight is 561 g/mol. The molecule has 36 heavy (non-hydrogen) atoms. The molecule has 0 saturated heterocycles. The molecule has 0 aliphatic carbocycles. The van der Waals surface area contributed by atoms with E-state index in [1.165, 1.54) is 24.3 Å². The van der Waals surface area contributed by atoms with Gasteiger partial charge in [0.05, 0.1) is 22.7 Å². The molecule has 5 nitrogen and oxygen atoms in total. The Morgan fingerprint density at radius 1 is 1.03 bits per heavy atom. The minimum Gasteiger partial charge on any atom is -0.324 e. The van der Waals surface area contributed by atoms with Crippen molar-refractivity contribution in [2.24, 2.45) is 0 Å². The Morgan fingerprint density at radius 2 is 1.72 bits per heavy atom. The van der Waals surface area contributed by atoms with Gasteiger partial charge in [0.1, 0.15) is 10.7 Å². The fourth-order valence-corrected chi connectivity index (χ4v) is 5.79. The summed E-state index contributed by atoms with van der Waals surface area (Å²) in [4.78, 5) is 12.1. The highest BCUT2D eigenvalue weighted by atomic mass is 35.5. The molecule has 0 radical (unpaired) electrons. The largest absolute Gasteiger partial charge is 0.416 e. The van der Waals surface area contributed by atoms with Crippen molar-refractivity contribution in [3.63, 3.8) is 0 Å². The number of nitrogens with zero attached hydrogens (tertiary/aromatic N) is 1. The van der Waals surface area contributed by atoms with E-state index in [-0.39, 0.29) is 36.0 Å². The van der Waals surface area contributed by atoms with Gasteiger partial charge in [-0.2, -0.15) is 17.5 Å². The third-order valence-electron chi connectivity index (χ3n) is 5.74. The van der Waals surface area contributed by atoms with Crippen LogP contribution < -0.4 is 5.32 Å². The zero-order valence-electron chi connectivity index (χ0n) is 18.4. The van der Waals surface area contributed by atoms with E-state index in [0.29, 0.717) is 22.4 Å². The summed E-state index contributed by atoms with van der Waals surface area (Å²) < 4.78 is 79.7. The average Bonchev–Trinajstić information content (AvgIpc) is 2.80. The van der Waals surface area contributed by atoms with E-state index in [4.69, 9.17) is 23.2 Å². The number of benzene rings is 3. The van der Waals surface area contributed by atoms with Crippen LogP contribution in [0, 0.1) is 5.82 Å². The van der Waals surface area contributed by atoms with Crippen LogP contribution in [0.15, 0.2) is 59.5 Å². The second-order valence-corrected chi connectivity index (χ2v) is 10.9. The molecule has 12 heteroatoms. The Labute approximate surface area is 214 Å². The lowest BCUT2D eigenvalue weighted by Crippen LogP contribution is -2.36. The van der Waals surface area contributed by atoms with Gasteiger partial charge < -0.3 is 5.32 Å². The zero-order valence-corrected chi connectivity index (χ0v) is 20.7. The molecular weight excluding hydrogens is 543 g/mol. The Morgan fingerprint density at radius 3 is 2.36 bits per heavy atom. The van der Waals surface area contributed by atoms with E-state index in [0.717, 1.165) is 28.6 Å². The number of hydrogen-bond donors (Lipinski definition) is 1. The minimum absolute atomic E-state index is 0.0134. The van der Waals surface area contributed by atoms with Gasteiger partial charge in [0.2, 0.25) is 15.9 Å². The summed E-state index contributed by atoms with van der Waals surface area (Å²) in [5.74, 6) is -1.45. The first kappa shape index (κ1) is 26.4. The summed E-state index contributed by atoms with van der Waals surface area (Å²) in [6.07, 6.45) is -4.47. The van der Waals surface area contributed by atoms with Gasteiger partial charge in [-0.05, 0) is 59.5 Å². The highest BCUT2D eigenvalue weighted by molar-refractivity contribution is 7.89. The molecule has 0 spiro atoms. The van der Waals surface area contributed by atoms with Gasteiger partial charge >= 0.3 is 6.18 Å². The molecule has 4 rings (SSSR count). The van der Waals surface area contributed by atoms with Crippen LogP contribution >= 0.6 is 23.2 Å². The monoisotopic (exact) mass is 560 g/mol. The van der Waals surface area contributed by atoms with Crippen molar-refractivity contribution < 1.29 is 30.8 Å². The second-order valence-electron chi connectivity index (χ2n) is 8.14. The molecule has 0 unspecified atom stereocenters. The van der Waals surface area contributed by atoms with Gasteiger partial charge in [0.15, 0.2) is 0 Å². The summed E-state index contributed by atoms with van der Waals surface area (Å²) >= 11 is 12.0. The number of rotatable bonds is 5.